The van der Waals surface area contributed by atoms with Crippen molar-refractivity contribution in [2.75, 3.05) is 17.8 Å². The molecule has 3 nitrogen and oxygen atoms in total. The minimum Gasteiger partial charge on any atom is -0.478 e. The first-order valence-electron chi connectivity index (χ1n) is 4.36. The van der Waals surface area contributed by atoms with Crippen molar-refractivity contribution in [3.05, 3.63) is 29.8 Å². The summed E-state index contributed by atoms with van der Waals surface area (Å²) in [6, 6.07) is 6.18. The Morgan fingerprint density at radius 2 is 2.00 bits per heavy atom. The molecular formula is C10H12O3S2. The van der Waals surface area contributed by atoms with Crippen LogP contribution in [0.4, 0.5) is 0 Å². The lowest BCUT2D eigenvalue weighted by molar-refractivity contribution is 0.0697. The molecule has 0 aliphatic carbocycles. The van der Waals surface area contributed by atoms with Gasteiger partial charge in [-0.05, 0) is 30.5 Å². The van der Waals surface area contributed by atoms with Crippen molar-refractivity contribution < 1.29 is 14.1 Å². The lowest BCUT2D eigenvalue weighted by Gasteiger charge is -2.01. The molecule has 1 aromatic carbocycles. The summed E-state index contributed by atoms with van der Waals surface area (Å²) in [6.45, 7) is 0. The highest BCUT2D eigenvalue weighted by atomic mass is 32.2. The third-order valence-electron chi connectivity index (χ3n) is 1.84. The Hall–Kier alpha value is -0.810. The average molecular weight is 244 g/mol. The van der Waals surface area contributed by atoms with Crippen LogP contribution < -0.4 is 0 Å². The summed E-state index contributed by atoms with van der Waals surface area (Å²) in [7, 11) is -1.02. The Morgan fingerprint density at radius 3 is 2.47 bits per heavy atom. The summed E-state index contributed by atoms with van der Waals surface area (Å²) < 4.78 is 11.6. The van der Waals surface area contributed by atoms with Gasteiger partial charge in [-0.25, -0.2) is 4.79 Å². The van der Waals surface area contributed by atoms with Gasteiger partial charge in [0.1, 0.15) is 0 Å². The predicted molar refractivity (Wildman–Crippen MR) is 63.1 cm³/mol. The molecule has 5 heteroatoms. The molecule has 0 amide bonds. The Bertz CT molecular complexity index is 359. The molecule has 0 saturated heterocycles. The van der Waals surface area contributed by atoms with E-state index in [1.54, 1.807) is 23.9 Å². The Labute approximate surface area is 95.3 Å². The molecule has 1 rings (SSSR count). The van der Waals surface area contributed by atoms with Gasteiger partial charge in [-0.1, -0.05) is 0 Å². The third-order valence-corrected chi connectivity index (χ3v) is 4.08. The van der Waals surface area contributed by atoms with Crippen LogP contribution in [0.3, 0.4) is 0 Å². The molecule has 1 N–H and O–H groups in total. The van der Waals surface area contributed by atoms with Gasteiger partial charge in [-0.3, -0.25) is 4.21 Å². The number of rotatable bonds is 5. The van der Waals surface area contributed by atoms with Crippen LogP contribution >= 0.6 is 11.8 Å². The molecule has 1 unspecified atom stereocenters. The van der Waals surface area contributed by atoms with E-state index in [1.807, 2.05) is 6.26 Å². The fraction of sp³-hybridized carbons (Fsp3) is 0.300. The van der Waals surface area contributed by atoms with Crippen LogP contribution in [-0.4, -0.2) is 33.0 Å². The highest BCUT2D eigenvalue weighted by Crippen LogP contribution is 2.10. The van der Waals surface area contributed by atoms with Crippen LogP contribution in [0.1, 0.15) is 10.4 Å². The number of carbonyl (C=O) groups is 1. The van der Waals surface area contributed by atoms with E-state index < -0.39 is 16.8 Å². The van der Waals surface area contributed by atoms with E-state index >= 15 is 0 Å². The zero-order valence-electron chi connectivity index (χ0n) is 8.30. The second-order valence-electron chi connectivity index (χ2n) is 2.87. The number of carboxylic acid groups (broad SMARTS) is 1. The van der Waals surface area contributed by atoms with Gasteiger partial charge in [0.05, 0.1) is 16.4 Å². The van der Waals surface area contributed by atoms with E-state index in [-0.39, 0.29) is 5.56 Å². The first-order valence-corrected chi connectivity index (χ1v) is 7.07. The van der Waals surface area contributed by atoms with Crippen molar-refractivity contribution in [3.63, 3.8) is 0 Å². The van der Waals surface area contributed by atoms with Crippen LogP contribution in [-0.2, 0) is 10.8 Å². The van der Waals surface area contributed by atoms with E-state index in [4.69, 9.17) is 5.11 Å². The molecule has 0 radical (unpaired) electrons. The third kappa shape index (κ3) is 3.68. The van der Waals surface area contributed by atoms with Crippen molar-refractivity contribution in [1.82, 2.24) is 0 Å². The van der Waals surface area contributed by atoms with E-state index in [1.165, 1.54) is 12.1 Å². The fourth-order valence-electron chi connectivity index (χ4n) is 1.03. The molecule has 15 heavy (non-hydrogen) atoms. The molecule has 1 aromatic rings. The molecule has 82 valence electrons. The van der Waals surface area contributed by atoms with Crippen molar-refractivity contribution >= 4 is 28.5 Å². The van der Waals surface area contributed by atoms with Crippen LogP contribution in [0, 0.1) is 0 Å². The van der Waals surface area contributed by atoms with E-state index in [0.717, 1.165) is 5.75 Å². The zero-order chi connectivity index (χ0) is 11.3. The van der Waals surface area contributed by atoms with E-state index in [2.05, 4.69) is 0 Å². The number of hydrogen-bond donors (Lipinski definition) is 1. The van der Waals surface area contributed by atoms with E-state index in [9.17, 15) is 9.00 Å². The van der Waals surface area contributed by atoms with Gasteiger partial charge in [0.25, 0.3) is 0 Å². The lowest BCUT2D eigenvalue weighted by Crippen LogP contribution is -2.01. The highest BCUT2D eigenvalue weighted by molar-refractivity contribution is 7.99. The normalized spacial score (nSPS) is 12.3. The monoisotopic (exact) mass is 244 g/mol. The quantitative estimate of drug-likeness (QED) is 0.859. The number of thioether (sulfide) groups is 1. The summed E-state index contributed by atoms with van der Waals surface area (Å²) in [4.78, 5) is 11.3. The number of benzene rings is 1. The van der Waals surface area contributed by atoms with Gasteiger partial charge in [0, 0.05) is 16.4 Å². The lowest BCUT2D eigenvalue weighted by atomic mass is 10.2. The van der Waals surface area contributed by atoms with Gasteiger partial charge in [0.15, 0.2) is 0 Å². The second-order valence-corrected chi connectivity index (χ2v) is 5.43. The van der Waals surface area contributed by atoms with Crippen molar-refractivity contribution in [3.8, 4) is 0 Å². The molecule has 0 aromatic heterocycles. The standard InChI is InChI=1S/C10H12O3S2/c1-14-6-7-15(13)9-4-2-8(3-5-9)10(11)12/h2-5H,6-7H2,1H3,(H,11,12). The average Bonchev–Trinajstić information content (AvgIpc) is 2.26. The first kappa shape index (κ1) is 12.3. The Kier molecular flexibility index (Phi) is 4.84. The molecular weight excluding hydrogens is 232 g/mol. The SMILES string of the molecule is CSCCS(=O)c1ccc(C(=O)O)cc1. The molecule has 0 heterocycles. The van der Waals surface area contributed by atoms with Crippen molar-refractivity contribution in [1.29, 1.82) is 0 Å². The molecule has 0 bridgehead atoms. The van der Waals surface area contributed by atoms with Crippen molar-refractivity contribution in [2.45, 2.75) is 4.90 Å². The summed E-state index contributed by atoms with van der Waals surface area (Å²) in [5.41, 5.74) is 0.223. The summed E-state index contributed by atoms with van der Waals surface area (Å²) >= 11 is 1.65. The Morgan fingerprint density at radius 1 is 1.40 bits per heavy atom. The predicted octanol–water partition coefficient (Wildman–Crippen LogP) is 1.86. The summed E-state index contributed by atoms with van der Waals surface area (Å²) in [5, 5.41) is 8.68. The van der Waals surface area contributed by atoms with Gasteiger partial charge < -0.3 is 5.11 Å². The van der Waals surface area contributed by atoms with Crippen molar-refractivity contribution in [2.24, 2.45) is 0 Å². The molecule has 0 aliphatic heterocycles. The molecule has 0 saturated carbocycles. The highest BCUT2D eigenvalue weighted by Gasteiger charge is 2.05. The molecule has 0 fully saturated rings. The van der Waals surface area contributed by atoms with E-state index in [0.29, 0.717) is 10.6 Å². The summed E-state index contributed by atoms with van der Waals surface area (Å²) in [6.07, 6.45) is 1.96. The summed E-state index contributed by atoms with van der Waals surface area (Å²) in [5.74, 6) is 0.484. The zero-order valence-corrected chi connectivity index (χ0v) is 9.94. The smallest absolute Gasteiger partial charge is 0.335 e. The first-order chi connectivity index (χ1) is 7.15. The Balaban J connectivity index is 2.71. The van der Waals surface area contributed by atoms with Gasteiger partial charge >= 0.3 is 5.97 Å². The minimum absolute atomic E-state index is 0.223. The van der Waals surface area contributed by atoms with Crippen LogP contribution in [0.5, 0.6) is 0 Å². The number of hydrogen-bond acceptors (Lipinski definition) is 3. The second kappa shape index (κ2) is 5.92. The molecule has 0 spiro atoms. The van der Waals surface area contributed by atoms with Crippen LogP contribution in [0.15, 0.2) is 29.2 Å². The van der Waals surface area contributed by atoms with Gasteiger partial charge in [-0.2, -0.15) is 11.8 Å². The van der Waals surface area contributed by atoms with Crippen LogP contribution in [0.2, 0.25) is 0 Å². The molecule has 0 aliphatic rings. The largest absolute Gasteiger partial charge is 0.478 e. The van der Waals surface area contributed by atoms with Gasteiger partial charge in [-0.15, -0.1) is 0 Å². The number of aromatic carboxylic acids is 1. The maximum absolute atomic E-state index is 11.6. The molecule has 1 atom stereocenters. The minimum atomic E-state index is -1.02. The topological polar surface area (TPSA) is 54.4 Å². The maximum Gasteiger partial charge on any atom is 0.335 e. The fourth-order valence-corrected chi connectivity index (χ4v) is 2.97. The number of carboxylic acids is 1. The maximum atomic E-state index is 11.6. The van der Waals surface area contributed by atoms with Crippen LogP contribution in [0.25, 0.3) is 0 Å². The van der Waals surface area contributed by atoms with Gasteiger partial charge in [0.2, 0.25) is 0 Å².